The van der Waals surface area contributed by atoms with E-state index in [1.165, 1.54) is 42.7 Å². The zero-order valence-electron chi connectivity index (χ0n) is 17.1. The molecule has 9 nitrogen and oxygen atoms in total. The number of allylic oxidation sites excluding steroid dienone is 2. The van der Waals surface area contributed by atoms with Gasteiger partial charge in [-0.2, -0.15) is 0 Å². The summed E-state index contributed by atoms with van der Waals surface area (Å²) in [6, 6.07) is 13.4. The van der Waals surface area contributed by atoms with Gasteiger partial charge in [-0.15, -0.1) is 0 Å². The molecule has 0 bridgehead atoms. The average Bonchev–Trinajstić information content (AvgIpc) is 2.85. The average molecular weight is 443 g/mol. The number of dihydropyridines is 1. The molecule has 1 N–H and O–H groups in total. The summed E-state index contributed by atoms with van der Waals surface area (Å²) in [6.07, 6.45) is 8.08. The molecule has 9 heteroatoms. The highest BCUT2D eigenvalue weighted by molar-refractivity contribution is 6.01. The second-order valence-electron chi connectivity index (χ2n) is 6.64. The molecule has 0 fully saturated rings. The maximum Gasteiger partial charge on any atom is 0.344 e. The predicted octanol–water partition coefficient (Wildman–Crippen LogP) is 3.07. The number of rotatable bonds is 6. The molecule has 1 aliphatic rings. The van der Waals surface area contributed by atoms with Gasteiger partial charge in [-0.1, -0.05) is 24.3 Å². The first-order valence-electron chi connectivity index (χ1n) is 9.83. The lowest BCUT2D eigenvalue weighted by Crippen LogP contribution is -2.21. The van der Waals surface area contributed by atoms with E-state index in [0.29, 0.717) is 6.54 Å². The Labute approximate surface area is 188 Å². The molecule has 164 valence electrons. The summed E-state index contributed by atoms with van der Waals surface area (Å²) in [5.41, 5.74) is -0.169. The number of esters is 3. The standard InChI is InChI=1S/C24H17N3O6/c28-22(31-19-7-1-4-10-25-19)16-13-17(23(29)32-20-8-2-5-11-26-20)15-18(14-16)24(30)33-21-9-3-6-12-27-21/h1-11,13-15,27H,12H2. The fourth-order valence-corrected chi connectivity index (χ4v) is 2.77. The molecule has 0 saturated carbocycles. The van der Waals surface area contributed by atoms with E-state index in [4.69, 9.17) is 14.2 Å². The maximum atomic E-state index is 12.7. The van der Waals surface area contributed by atoms with Crippen molar-refractivity contribution < 1.29 is 28.6 Å². The highest BCUT2D eigenvalue weighted by atomic mass is 16.6. The number of carbonyl (C=O) groups excluding carboxylic acids is 3. The van der Waals surface area contributed by atoms with E-state index in [-0.39, 0.29) is 34.3 Å². The molecule has 0 unspecified atom stereocenters. The second kappa shape index (κ2) is 10.0. The van der Waals surface area contributed by atoms with Crippen LogP contribution in [-0.4, -0.2) is 34.4 Å². The predicted molar refractivity (Wildman–Crippen MR) is 115 cm³/mol. The van der Waals surface area contributed by atoms with Crippen LogP contribution in [0.25, 0.3) is 0 Å². The quantitative estimate of drug-likeness (QED) is 0.574. The van der Waals surface area contributed by atoms with Gasteiger partial charge in [-0.25, -0.2) is 24.4 Å². The van der Waals surface area contributed by atoms with Crippen molar-refractivity contribution in [2.75, 3.05) is 6.54 Å². The Balaban J connectivity index is 1.63. The lowest BCUT2D eigenvalue weighted by atomic mass is 10.1. The Hall–Kier alpha value is -4.79. The van der Waals surface area contributed by atoms with Crippen LogP contribution in [0.3, 0.4) is 0 Å². The van der Waals surface area contributed by atoms with Crippen molar-refractivity contribution in [3.63, 3.8) is 0 Å². The number of benzene rings is 1. The zero-order chi connectivity index (χ0) is 23.0. The van der Waals surface area contributed by atoms with Gasteiger partial charge in [0.05, 0.1) is 16.7 Å². The van der Waals surface area contributed by atoms with Crippen LogP contribution in [0, 0.1) is 0 Å². The van der Waals surface area contributed by atoms with Gasteiger partial charge in [-0.3, -0.25) is 0 Å². The van der Waals surface area contributed by atoms with Gasteiger partial charge < -0.3 is 19.5 Å². The smallest absolute Gasteiger partial charge is 0.344 e. The molecule has 0 saturated heterocycles. The van der Waals surface area contributed by atoms with E-state index in [0.717, 1.165) is 0 Å². The topological polar surface area (TPSA) is 117 Å². The third-order valence-corrected chi connectivity index (χ3v) is 4.29. The Morgan fingerprint density at radius 3 is 1.67 bits per heavy atom. The largest absolute Gasteiger partial charge is 0.406 e. The molecule has 0 aliphatic carbocycles. The second-order valence-corrected chi connectivity index (χ2v) is 6.64. The third-order valence-electron chi connectivity index (χ3n) is 4.29. The molecule has 1 aliphatic heterocycles. The van der Waals surface area contributed by atoms with Crippen LogP contribution in [0.5, 0.6) is 11.8 Å². The lowest BCUT2D eigenvalue weighted by Gasteiger charge is -2.13. The number of aromatic nitrogens is 2. The van der Waals surface area contributed by atoms with Crippen molar-refractivity contribution in [2.45, 2.75) is 0 Å². The minimum absolute atomic E-state index is 0.0457. The molecule has 2 aromatic heterocycles. The Morgan fingerprint density at radius 1 is 0.727 bits per heavy atom. The number of ether oxygens (including phenoxy) is 3. The summed E-state index contributed by atoms with van der Waals surface area (Å²) >= 11 is 0. The summed E-state index contributed by atoms with van der Waals surface area (Å²) in [4.78, 5) is 46.0. The van der Waals surface area contributed by atoms with Gasteiger partial charge in [0.25, 0.3) is 0 Å². The van der Waals surface area contributed by atoms with Crippen molar-refractivity contribution in [3.05, 3.63) is 108 Å². The lowest BCUT2D eigenvalue weighted by molar-refractivity contribution is 0.0603. The van der Waals surface area contributed by atoms with Gasteiger partial charge in [-0.05, 0) is 36.4 Å². The molecule has 0 atom stereocenters. The summed E-state index contributed by atoms with van der Waals surface area (Å²) < 4.78 is 15.8. The van der Waals surface area contributed by atoms with E-state index in [1.54, 1.807) is 36.4 Å². The van der Waals surface area contributed by atoms with Gasteiger partial charge in [0.2, 0.25) is 11.8 Å². The fraction of sp³-hybridized carbons (Fsp3) is 0.0417. The first kappa shape index (κ1) is 21.4. The summed E-state index contributed by atoms with van der Waals surface area (Å²) in [5, 5.41) is 2.89. The Morgan fingerprint density at radius 2 is 1.24 bits per heavy atom. The molecular formula is C24H17N3O6. The van der Waals surface area contributed by atoms with Crippen LogP contribution >= 0.6 is 0 Å². The number of hydrogen-bond acceptors (Lipinski definition) is 9. The molecule has 3 aromatic rings. The van der Waals surface area contributed by atoms with Crippen LogP contribution in [-0.2, 0) is 4.74 Å². The Bertz CT molecular complexity index is 1170. The van der Waals surface area contributed by atoms with E-state index >= 15 is 0 Å². The fourth-order valence-electron chi connectivity index (χ4n) is 2.77. The van der Waals surface area contributed by atoms with Crippen LogP contribution in [0.15, 0.2) is 91.1 Å². The number of hydrogen-bond donors (Lipinski definition) is 1. The van der Waals surface area contributed by atoms with Gasteiger partial charge in [0.15, 0.2) is 5.88 Å². The maximum absolute atomic E-state index is 12.7. The van der Waals surface area contributed by atoms with Gasteiger partial charge in [0.1, 0.15) is 0 Å². The number of carbonyl (C=O) groups is 3. The number of pyridine rings is 2. The number of nitrogens with one attached hydrogen (secondary N) is 1. The van der Waals surface area contributed by atoms with E-state index < -0.39 is 17.9 Å². The molecule has 4 rings (SSSR count). The monoisotopic (exact) mass is 443 g/mol. The summed E-state index contributed by atoms with van der Waals surface area (Å²) in [7, 11) is 0. The van der Waals surface area contributed by atoms with Crippen LogP contribution < -0.4 is 14.8 Å². The molecule has 3 heterocycles. The van der Waals surface area contributed by atoms with Crippen molar-refractivity contribution in [2.24, 2.45) is 0 Å². The van der Waals surface area contributed by atoms with Crippen molar-refractivity contribution in [1.29, 1.82) is 0 Å². The highest BCUT2D eigenvalue weighted by Gasteiger charge is 2.21. The first-order chi connectivity index (χ1) is 16.1. The molecule has 0 spiro atoms. The van der Waals surface area contributed by atoms with E-state index in [1.807, 2.05) is 6.08 Å². The highest BCUT2D eigenvalue weighted by Crippen LogP contribution is 2.18. The summed E-state index contributed by atoms with van der Waals surface area (Å²) in [5.74, 6) is -2.03. The Kier molecular flexibility index (Phi) is 6.51. The number of nitrogens with zero attached hydrogens (tertiary/aromatic N) is 2. The van der Waals surface area contributed by atoms with Gasteiger partial charge >= 0.3 is 17.9 Å². The van der Waals surface area contributed by atoms with E-state index in [9.17, 15) is 14.4 Å². The third kappa shape index (κ3) is 5.67. The SMILES string of the molecule is O=C(OC1=CC=CCN1)c1cc(C(=O)Oc2ccccn2)cc(C(=O)Oc2ccccn2)c1. The molecular weight excluding hydrogens is 426 g/mol. The van der Waals surface area contributed by atoms with Gasteiger partial charge in [0, 0.05) is 31.1 Å². The summed E-state index contributed by atoms with van der Waals surface area (Å²) in [6.45, 7) is 0.497. The van der Waals surface area contributed by atoms with Crippen LogP contribution in [0.2, 0.25) is 0 Å². The molecule has 33 heavy (non-hydrogen) atoms. The zero-order valence-corrected chi connectivity index (χ0v) is 17.1. The normalized spacial score (nSPS) is 12.2. The van der Waals surface area contributed by atoms with Crippen LogP contribution in [0.4, 0.5) is 0 Å². The van der Waals surface area contributed by atoms with Crippen molar-refractivity contribution in [3.8, 4) is 11.8 Å². The minimum Gasteiger partial charge on any atom is -0.406 e. The minimum atomic E-state index is -0.812. The molecule has 0 radical (unpaired) electrons. The first-order valence-corrected chi connectivity index (χ1v) is 9.83. The molecule has 0 amide bonds. The van der Waals surface area contributed by atoms with Crippen molar-refractivity contribution in [1.82, 2.24) is 15.3 Å². The van der Waals surface area contributed by atoms with Crippen molar-refractivity contribution >= 4 is 17.9 Å². The van der Waals surface area contributed by atoms with E-state index in [2.05, 4.69) is 15.3 Å². The van der Waals surface area contributed by atoms with Crippen LogP contribution in [0.1, 0.15) is 31.1 Å². The molecule has 1 aromatic carbocycles.